The number of fused-ring (bicyclic) bond motifs is 1. The number of amides is 1. The van der Waals surface area contributed by atoms with Gasteiger partial charge in [0.25, 0.3) is 11.5 Å². The molecule has 0 N–H and O–H groups in total. The van der Waals surface area contributed by atoms with Crippen molar-refractivity contribution >= 4 is 17.3 Å². The van der Waals surface area contributed by atoms with Crippen LogP contribution in [-0.2, 0) is 14.1 Å². The summed E-state index contributed by atoms with van der Waals surface area (Å²) in [5.41, 5.74) is 1.32. The van der Waals surface area contributed by atoms with Crippen LogP contribution in [0.25, 0.3) is 0 Å². The standard InChI is InChI=1S/C22H22N4O4/c1-23-13-17(20(27)25(3)22(23)29)19-24(2)18-8-6-5-7-16(18)21(28)26(19)14-9-11-15(30-4)12-10-14/h5-13,19H,1-4H3/t19-/m1/s1. The zero-order valence-corrected chi connectivity index (χ0v) is 17.2. The fourth-order valence-corrected chi connectivity index (χ4v) is 3.87. The molecule has 0 aliphatic carbocycles. The topological polar surface area (TPSA) is 76.8 Å². The third kappa shape index (κ3) is 2.88. The van der Waals surface area contributed by atoms with E-state index in [0.29, 0.717) is 28.3 Å². The monoisotopic (exact) mass is 406 g/mol. The minimum absolute atomic E-state index is 0.227. The molecule has 0 unspecified atom stereocenters. The number of rotatable bonds is 3. The lowest BCUT2D eigenvalue weighted by atomic mass is 10.0. The molecule has 0 fully saturated rings. The van der Waals surface area contributed by atoms with Crippen molar-refractivity contribution in [3.63, 3.8) is 0 Å². The Morgan fingerprint density at radius 3 is 2.23 bits per heavy atom. The summed E-state index contributed by atoms with van der Waals surface area (Å²) in [5, 5.41) is 0. The number of benzene rings is 2. The third-order valence-corrected chi connectivity index (χ3v) is 5.45. The first-order valence-corrected chi connectivity index (χ1v) is 9.41. The highest BCUT2D eigenvalue weighted by molar-refractivity contribution is 6.12. The highest BCUT2D eigenvalue weighted by Gasteiger charge is 2.39. The van der Waals surface area contributed by atoms with Gasteiger partial charge in [0.1, 0.15) is 11.9 Å². The largest absolute Gasteiger partial charge is 0.497 e. The summed E-state index contributed by atoms with van der Waals surface area (Å²) in [6, 6.07) is 14.3. The fourth-order valence-electron chi connectivity index (χ4n) is 3.87. The molecule has 1 aromatic heterocycles. The maximum Gasteiger partial charge on any atom is 0.330 e. The number of aryl methyl sites for hydroxylation is 1. The van der Waals surface area contributed by atoms with E-state index in [-0.39, 0.29) is 5.91 Å². The number of nitrogens with zero attached hydrogens (tertiary/aromatic N) is 4. The van der Waals surface area contributed by atoms with Gasteiger partial charge in [-0.3, -0.25) is 19.1 Å². The van der Waals surface area contributed by atoms with Gasteiger partial charge in [-0.15, -0.1) is 0 Å². The van der Waals surface area contributed by atoms with E-state index in [1.54, 1.807) is 49.4 Å². The van der Waals surface area contributed by atoms with Gasteiger partial charge in [0.15, 0.2) is 0 Å². The molecule has 0 radical (unpaired) electrons. The number of carbonyl (C=O) groups is 1. The van der Waals surface area contributed by atoms with Crippen LogP contribution in [0.2, 0.25) is 0 Å². The first kappa shape index (κ1) is 19.5. The van der Waals surface area contributed by atoms with Gasteiger partial charge in [-0.2, -0.15) is 0 Å². The number of para-hydroxylation sites is 1. The molecule has 8 nitrogen and oxygen atoms in total. The molecule has 2 heterocycles. The summed E-state index contributed by atoms with van der Waals surface area (Å²) in [5.74, 6) is 0.432. The van der Waals surface area contributed by atoms with Crippen molar-refractivity contribution in [2.75, 3.05) is 24.0 Å². The summed E-state index contributed by atoms with van der Waals surface area (Å²) >= 11 is 0. The Balaban J connectivity index is 1.99. The molecular weight excluding hydrogens is 384 g/mol. The molecule has 2 aromatic carbocycles. The number of methoxy groups -OCH3 is 1. The van der Waals surface area contributed by atoms with E-state index in [4.69, 9.17) is 4.74 Å². The highest BCUT2D eigenvalue weighted by atomic mass is 16.5. The zero-order valence-electron chi connectivity index (χ0n) is 17.2. The predicted octanol–water partition coefficient (Wildman–Crippen LogP) is 1.89. The van der Waals surface area contributed by atoms with Crippen LogP contribution in [0.15, 0.2) is 64.3 Å². The van der Waals surface area contributed by atoms with Crippen molar-refractivity contribution in [3.05, 3.63) is 86.7 Å². The van der Waals surface area contributed by atoms with Crippen molar-refractivity contribution in [2.24, 2.45) is 14.1 Å². The van der Waals surface area contributed by atoms with Crippen molar-refractivity contribution in [1.29, 1.82) is 0 Å². The summed E-state index contributed by atoms with van der Waals surface area (Å²) in [6.07, 6.45) is 0.773. The number of hydrogen-bond donors (Lipinski definition) is 0. The van der Waals surface area contributed by atoms with Gasteiger partial charge >= 0.3 is 5.69 Å². The molecule has 30 heavy (non-hydrogen) atoms. The van der Waals surface area contributed by atoms with E-state index in [0.717, 1.165) is 4.57 Å². The summed E-state index contributed by atoms with van der Waals surface area (Å²) in [6.45, 7) is 0. The summed E-state index contributed by atoms with van der Waals surface area (Å²) in [4.78, 5) is 42.2. The van der Waals surface area contributed by atoms with Crippen LogP contribution in [0.3, 0.4) is 0 Å². The van der Waals surface area contributed by atoms with Gasteiger partial charge in [-0.1, -0.05) is 12.1 Å². The van der Waals surface area contributed by atoms with Crippen LogP contribution in [0.5, 0.6) is 5.75 Å². The van der Waals surface area contributed by atoms with Gasteiger partial charge in [-0.05, 0) is 36.4 Å². The van der Waals surface area contributed by atoms with Crippen molar-refractivity contribution in [2.45, 2.75) is 6.17 Å². The normalized spacial score (nSPS) is 15.9. The molecule has 154 valence electrons. The second-order valence-electron chi connectivity index (χ2n) is 7.22. The maximum atomic E-state index is 13.5. The van der Waals surface area contributed by atoms with E-state index < -0.39 is 17.4 Å². The second-order valence-corrected chi connectivity index (χ2v) is 7.22. The molecule has 0 bridgehead atoms. The third-order valence-electron chi connectivity index (χ3n) is 5.45. The lowest BCUT2D eigenvalue weighted by Gasteiger charge is -2.43. The van der Waals surface area contributed by atoms with Gasteiger partial charge in [-0.25, -0.2) is 4.79 Å². The van der Waals surface area contributed by atoms with Crippen LogP contribution in [0.4, 0.5) is 11.4 Å². The van der Waals surface area contributed by atoms with Crippen LogP contribution >= 0.6 is 0 Å². The van der Waals surface area contributed by atoms with Crippen molar-refractivity contribution < 1.29 is 9.53 Å². The lowest BCUT2D eigenvalue weighted by molar-refractivity contribution is 0.0969. The van der Waals surface area contributed by atoms with Crippen LogP contribution in [0.1, 0.15) is 22.1 Å². The van der Waals surface area contributed by atoms with Crippen LogP contribution < -0.4 is 25.8 Å². The number of anilines is 2. The van der Waals surface area contributed by atoms with Gasteiger partial charge in [0.2, 0.25) is 0 Å². The molecule has 1 amide bonds. The average molecular weight is 406 g/mol. The maximum absolute atomic E-state index is 13.5. The average Bonchev–Trinajstić information content (AvgIpc) is 2.77. The molecule has 0 saturated heterocycles. The molecule has 8 heteroatoms. The van der Waals surface area contributed by atoms with Gasteiger partial charge < -0.3 is 14.2 Å². The first-order valence-electron chi connectivity index (χ1n) is 9.41. The second kappa shape index (κ2) is 7.22. The number of hydrogen-bond acceptors (Lipinski definition) is 5. The zero-order chi connectivity index (χ0) is 21.6. The SMILES string of the molecule is COc1ccc(N2C(=O)c3ccccc3N(C)[C@H]2c2cn(C)c(=O)n(C)c2=O)cc1. The van der Waals surface area contributed by atoms with E-state index in [2.05, 4.69) is 0 Å². The molecule has 0 saturated carbocycles. The Bertz CT molecular complexity index is 1240. The Morgan fingerprint density at radius 2 is 1.57 bits per heavy atom. The lowest BCUT2D eigenvalue weighted by Crippen LogP contribution is -2.52. The Kier molecular flexibility index (Phi) is 4.69. The van der Waals surface area contributed by atoms with E-state index >= 15 is 0 Å². The van der Waals surface area contributed by atoms with Gasteiger partial charge in [0, 0.05) is 33.0 Å². The Morgan fingerprint density at radius 1 is 0.900 bits per heavy atom. The van der Waals surface area contributed by atoms with E-state index in [1.807, 2.05) is 30.1 Å². The van der Waals surface area contributed by atoms with E-state index in [1.165, 1.54) is 17.8 Å². The highest BCUT2D eigenvalue weighted by Crippen LogP contribution is 2.39. The van der Waals surface area contributed by atoms with Crippen LogP contribution in [0, 0.1) is 0 Å². The molecular formula is C22H22N4O4. The molecule has 4 rings (SSSR count). The number of ether oxygens (including phenoxy) is 1. The predicted molar refractivity (Wildman–Crippen MR) is 114 cm³/mol. The van der Waals surface area contributed by atoms with Gasteiger partial charge in [0.05, 0.1) is 23.9 Å². The Labute approximate surface area is 173 Å². The molecule has 1 aliphatic heterocycles. The summed E-state index contributed by atoms with van der Waals surface area (Å²) < 4.78 is 7.64. The quantitative estimate of drug-likeness (QED) is 0.664. The number of aromatic nitrogens is 2. The minimum Gasteiger partial charge on any atom is -0.497 e. The first-order chi connectivity index (χ1) is 14.3. The van der Waals surface area contributed by atoms with Crippen LogP contribution in [-0.4, -0.2) is 29.2 Å². The molecule has 0 spiro atoms. The summed E-state index contributed by atoms with van der Waals surface area (Å²) in [7, 11) is 6.42. The van der Waals surface area contributed by atoms with E-state index in [9.17, 15) is 14.4 Å². The fraction of sp³-hybridized carbons (Fsp3) is 0.227. The number of carbonyl (C=O) groups excluding carboxylic acids is 1. The smallest absolute Gasteiger partial charge is 0.330 e. The van der Waals surface area contributed by atoms with Crippen molar-refractivity contribution in [1.82, 2.24) is 9.13 Å². The Hall–Kier alpha value is -3.81. The molecule has 3 aromatic rings. The van der Waals surface area contributed by atoms with Crippen molar-refractivity contribution in [3.8, 4) is 5.75 Å². The molecule has 1 atom stereocenters. The minimum atomic E-state index is -0.730. The molecule has 1 aliphatic rings.